The van der Waals surface area contributed by atoms with Gasteiger partial charge in [0, 0.05) is 43.3 Å². The van der Waals surface area contributed by atoms with Gasteiger partial charge in [0.25, 0.3) is 0 Å². The number of piperidine rings is 1. The number of carbonyl (C=O) groups excluding carboxylic acids is 1. The first kappa shape index (κ1) is 18.4. The monoisotopic (exact) mass is 356 g/mol. The Morgan fingerprint density at radius 3 is 2.42 bits per heavy atom. The number of hydrogen-bond acceptors (Lipinski definition) is 3. The van der Waals surface area contributed by atoms with Crippen molar-refractivity contribution in [2.24, 2.45) is 0 Å². The maximum atomic E-state index is 13.2. The van der Waals surface area contributed by atoms with Crippen LogP contribution < -0.4 is 4.90 Å². The number of anilines is 1. The van der Waals surface area contributed by atoms with Gasteiger partial charge in [-0.15, -0.1) is 0 Å². The van der Waals surface area contributed by atoms with Crippen molar-refractivity contribution in [2.75, 3.05) is 18.0 Å². The van der Waals surface area contributed by atoms with Gasteiger partial charge in [-0.25, -0.2) is 4.39 Å². The van der Waals surface area contributed by atoms with Crippen LogP contribution in [0.2, 0.25) is 0 Å². The van der Waals surface area contributed by atoms with Crippen molar-refractivity contribution in [2.45, 2.75) is 38.8 Å². The second-order valence-electron chi connectivity index (χ2n) is 6.73. The molecule has 0 saturated carbocycles. The Kier molecular flexibility index (Phi) is 5.89. The zero-order valence-electron chi connectivity index (χ0n) is 15.1. The van der Waals surface area contributed by atoms with Gasteiger partial charge in [-0.2, -0.15) is 0 Å². The van der Waals surface area contributed by atoms with Crippen molar-refractivity contribution in [1.29, 1.82) is 0 Å². The number of carbonyl (C=O) groups is 1. The number of benzene rings is 2. The van der Waals surface area contributed by atoms with E-state index in [1.165, 1.54) is 12.1 Å². The molecule has 4 nitrogen and oxygen atoms in total. The first-order valence-corrected chi connectivity index (χ1v) is 9.15. The van der Waals surface area contributed by atoms with Crippen LogP contribution in [0, 0.1) is 5.82 Å². The van der Waals surface area contributed by atoms with Crippen molar-refractivity contribution >= 4 is 11.6 Å². The summed E-state index contributed by atoms with van der Waals surface area (Å²) >= 11 is 0. The number of amides is 1. The highest BCUT2D eigenvalue weighted by molar-refractivity contribution is 5.93. The molecule has 1 aliphatic rings. The fourth-order valence-corrected chi connectivity index (χ4v) is 3.55. The smallest absolute Gasteiger partial charge is 0.226 e. The summed E-state index contributed by atoms with van der Waals surface area (Å²) in [4.78, 5) is 16.6. The average molecular weight is 356 g/mol. The molecule has 26 heavy (non-hydrogen) atoms. The molecule has 0 aromatic heterocycles. The maximum absolute atomic E-state index is 13.2. The van der Waals surface area contributed by atoms with Crippen LogP contribution in [0.3, 0.4) is 0 Å². The number of phenolic OH excluding ortho intramolecular Hbond substituents is 1. The molecule has 1 amide bonds. The lowest BCUT2D eigenvalue weighted by Gasteiger charge is -2.38. The Bertz CT molecular complexity index is 740. The van der Waals surface area contributed by atoms with Crippen LogP contribution in [0.5, 0.6) is 5.75 Å². The van der Waals surface area contributed by atoms with Gasteiger partial charge in [0.2, 0.25) is 5.91 Å². The summed E-state index contributed by atoms with van der Waals surface area (Å²) in [5.41, 5.74) is 1.68. The van der Waals surface area contributed by atoms with Crippen molar-refractivity contribution in [3.05, 3.63) is 59.9 Å². The quantitative estimate of drug-likeness (QED) is 0.882. The maximum Gasteiger partial charge on any atom is 0.226 e. The van der Waals surface area contributed by atoms with E-state index >= 15 is 0 Å². The summed E-state index contributed by atoms with van der Waals surface area (Å²) in [6.07, 6.45) is 2.14. The molecule has 1 saturated heterocycles. The third-order valence-electron chi connectivity index (χ3n) is 4.98. The second-order valence-corrected chi connectivity index (χ2v) is 6.73. The fraction of sp³-hybridized carbons (Fsp3) is 0.381. The van der Waals surface area contributed by atoms with E-state index in [9.17, 15) is 14.3 Å². The highest BCUT2D eigenvalue weighted by Gasteiger charge is 2.28. The molecule has 5 heteroatoms. The van der Waals surface area contributed by atoms with E-state index < -0.39 is 0 Å². The third-order valence-corrected chi connectivity index (χ3v) is 4.98. The third kappa shape index (κ3) is 4.22. The van der Waals surface area contributed by atoms with E-state index in [0.717, 1.165) is 37.2 Å². The highest BCUT2D eigenvalue weighted by atomic mass is 19.1. The molecule has 1 N–H and O–H groups in total. The Hall–Kier alpha value is -2.40. The van der Waals surface area contributed by atoms with E-state index in [4.69, 9.17) is 0 Å². The van der Waals surface area contributed by atoms with Gasteiger partial charge in [0.15, 0.2) is 0 Å². The minimum absolute atomic E-state index is 0.0655. The summed E-state index contributed by atoms with van der Waals surface area (Å²) in [5, 5.41) is 9.95. The van der Waals surface area contributed by atoms with E-state index in [1.807, 2.05) is 30.0 Å². The van der Waals surface area contributed by atoms with Crippen LogP contribution in [0.1, 0.15) is 31.7 Å². The average Bonchev–Trinajstić information content (AvgIpc) is 2.66. The molecule has 138 valence electrons. The van der Waals surface area contributed by atoms with Gasteiger partial charge < -0.3 is 10.0 Å². The van der Waals surface area contributed by atoms with Crippen LogP contribution in [0.15, 0.2) is 48.5 Å². The van der Waals surface area contributed by atoms with E-state index in [-0.39, 0.29) is 17.8 Å². The summed E-state index contributed by atoms with van der Waals surface area (Å²) in [6, 6.07) is 13.7. The molecule has 1 aliphatic heterocycles. The van der Waals surface area contributed by atoms with Gasteiger partial charge in [-0.05, 0) is 43.2 Å². The van der Waals surface area contributed by atoms with E-state index in [2.05, 4.69) is 4.90 Å². The molecule has 0 aliphatic carbocycles. The second kappa shape index (κ2) is 8.32. The molecule has 0 bridgehead atoms. The lowest BCUT2D eigenvalue weighted by molar-refractivity contribution is -0.119. The number of para-hydroxylation sites is 1. The molecule has 2 aromatic rings. The molecular formula is C21H25FN2O2. The summed E-state index contributed by atoms with van der Waals surface area (Å²) in [5.74, 6) is 0.0922. The van der Waals surface area contributed by atoms with Gasteiger partial charge in [-0.1, -0.05) is 25.1 Å². The van der Waals surface area contributed by atoms with Crippen molar-refractivity contribution < 1.29 is 14.3 Å². The lowest BCUT2D eigenvalue weighted by Crippen LogP contribution is -2.47. The van der Waals surface area contributed by atoms with Gasteiger partial charge in [0.05, 0.1) is 0 Å². The Balaban J connectivity index is 1.67. The molecule has 1 heterocycles. The van der Waals surface area contributed by atoms with Crippen LogP contribution >= 0.6 is 0 Å². The zero-order valence-corrected chi connectivity index (χ0v) is 15.1. The van der Waals surface area contributed by atoms with Crippen molar-refractivity contribution in [3.63, 3.8) is 0 Å². The number of nitrogens with zero attached hydrogens (tertiary/aromatic N) is 2. The molecule has 3 rings (SSSR count). The van der Waals surface area contributed by atoms with Crippen molar-refractivity contribution in [3.8, 4) is 5.75 Å². The van der Waals surface area contributed by atoms with Crippen LogP contribution in [-0.4, -0.2) is 35.0 Å². The number of halogens is 1. The Morgan fingerprint density at radius 2 is 1.81 bits per heavy atom. The number of hydrogen-bond donors (Lipinski definition) is 1. The summed E-state index contributed by atoms with van der Waals surface area (Å²) in [7, 11) is 0. The molecular weight excluding hydrogens is 331 g/mol. The summed E-state index contributed by atoms with van der Waals surface area (Å²) < 4.78 is 13.2. The van der Waals surface area contributed by atoms with Crippen molar-refractivity contribution in [1.82, 2.24) is 4.90 Å². The van der Waals surface area contributed by atoms with Gasteiger partial charge in [0.1, 0.15) is 11.6 Å². The molecule has 0 unspecified atom stereocenters. The van der Waals surface area contributed by atoms with Gasteiger partial charge in [-0.3, -0.25) is 9.69 Å². The van der Waals surface area contributed by atoms with Crippen LogP contribution in [-0.2, 0) is 11.3 Å². The molecule has 0 atom stereocenters. The van der Waals surface area contributed by atoms with E-state index in [1.54, 1.807) is 18.2 Å². The number of aromatic hydroxyl groups is 1. The predicted octanol–water partition coefficient (Wildman–Crippen LogP) is 3.94. The first-order valence-electron chi connectivity index (χ1n) is 9.15. The SMILES string of the molecule is CCC(=O)N(c1ccc(F)cc1)C1CCN(Cc2ccccc2O)CC1. The lowest BCUT2D eigenvalue weighted by atomic mass is 10.0. The highest BCUT2D eigenvalue weighted by Crippen LogP contribution is 2.26. The topological polar surface area (TPSA) is 43.8 Å². The largest absolute Gasteiger partial charge is 0.508 e. The predicted molar refractivity (Wildman–Crippen MR) is 101 cm³/mol. The summed E-state index contributed by atoms with van der Waals surface area (Å²) in [6.45, 7) is 4.27. The van der Waals surface area contributed by atoms with Crippen LogP contribution in [0.25, 0.3) is 0 Å². The molecule has 1 fully saturated rings. The Labute approximate surface area is 153 Å². The number of likely N-dealkylation sites (tertiary alicyclic amines) is 1. The minimum Gasteiger partial charge on any atom is -0.508 e. The number of phenols is 1. The Morgan fingerprint density at radius 1 is 1.15 bits per heavy atom. The molecule has 2 aromatic carbocycles. The normalized spacial score (nSPS) is 15.8. The van der Waals surface area contributed by atoms with Gasteiger partial charge >= 0.3 is 0 Å². The molecule has 0 spiro atoms. The standard InChI is InChI=1S/C21H25FN2O2/c1-2-21(26)24(18-9-7-17(22)8-10-18)19-11-13-23(14-12-19)15-16-5-3-4-6-20(16)25/h3-10,19,25H,2,11-15H2,1H3. The first-order chi connectivity index (χ1) is 12.6. The van der Waals surface area contributed by atoms with Crippen LogP contribution in [0.4, 0.5) is 10.1 Å². The number of rotatable bonds is 5. The zero-order chi connectivity index (χ0) is 18.5. The molecule has 0 radical (unpaired) electrons. The van der Waals surface area contributed by atoms with E-state index in [0.29, 0.717) is 18.7 Å². The minimum atomic E-state index is -0.296. The fourth-order valence-electron chi connectivity index (χ4n) is 3.55.